The Bertz CT molecular complexity index is 256. The van der Waals surface area contributed by atoms with E-state index in [4.69, 9.17) is 0 Å². The summed E-state index contributed by atoms with van der Waals surface area (Å²) in [6.45, 7) is 0. The molecule has 1 heteroatoms. The molecule has 0 aromatic carbocycles. The monoisotopic (exact) mass is 308 g/mol. The predicted octanol–water partition coefficient (Wildman–Crippen LogP) is 6.51. The van der Waals surface area contributed by atoms with Gasteiger partial charge in [-0.2, -0.15) is 0 Å². The van der Waals surface area contributed by atoms with Gasteiger partial charge in [0.2, 0.25) is 0 Å². The van der Waals surface area contributed by atoms with Crippen LogP contribution in [0.5, 0.6) is 0 Å². The van der Waals surface area contributed by atoms with Crippen molar-refractivity contribution < 1.29 is 0 Å². The summed E-state index contributed by atoms with van der Waals surface area (Å²) in [5, 5.41) is 0. The first-order chi connectivity index (χ1) is 10.4. The van der Waals surface area contributed by atoms with Gasteiger partial charge in [0.25, 0.3) is 0 Å². The van der Waals surface area contributed by atoms with Crippen molar-refractivity contribution in [2.45, 2.75) is 125 Å². The Labute approximate surface area is 133 Å². The molecular weight excluding hydrogens is 271 g/mol. The molecular formula is C20H37P. The number of rotatable bonds is 4. The third-order valence-corrected chi connectivity index (χ3v) is 16.2. The van der Waals surface area contributed by atoms with Crippen LogP contribution in [-0.4, -0.2) is 22.6 Å². The Morgan fingerprint density at radius 3 is 0.714 bits per heavy atom. The summed E-state index contributed by atoms with van der Waals surface area (Å²) in [6.07, 6.45) is 26.0. The van der Waals surface area contributed by atoms with E-state index in [1.807, 2.05) is 0 Å². The second kappa shape index (κ2) is 6.51. The molecule has 122 valence electrons. The average Bonchev–Trinajstić information content (AvgIpc) is 3.32. The van der Waals surface area contributed by atoms with Crippen LogP contribution in [0.25, 0.3) is 0 Å². The quantitative estimate of drug-likeness (QED) is 0.519. The maximum atomic E-state index is 1.66. The minimum atomic E-state index is -1.06. The Morgan fingerprint density at radius 1 is 0.333 bits per heavy atom. The minimum absolute atomic E-state index is 1.06. The van der Waals surface area contributed by atoms with E-state index >= 15 is 0 Å². The van der Waals surface area contributed by atoms with E-state index in [2.05, 4.69) is 0 Å². The third-order valence-electron chi connectivity index (χ3n) is 8.25. The summed E-state index contributed by atoms with van der Waals surface area (Å²) < 4.78 is 0. The zero-order valence-electron chi connectivity index (χ0n) is 14.1. The molecule has 0 aromatic rings. The van der Waals surface area contributed by atoms with Gasteiger partial charge in [-0.05, 0) is 0 Å². The molecule has 4 aliphatic carbocycles. The van der Waals surface area contributed by atoms with Gasteiger partial charge in [0.15, 0.2) is 0 Å². The fourth-order valence-corrected chi connectivity index (χ4v) is 17.3. The maximum absolute atomic E-state index is 1.66. The summed E-state index contributed by atoms with van der Waals surface area (Å²) in [6, 6.07) is 0. The molecule has 0 nitrogen and oxygen atoms in total. The van der Waals surface area contributed by atoms with E-state index in [-0.39, 0.29) is 0 Å². The first-order valence-electron chi connectivity index (χ1n) is 10.4. The molecule has 0 amide bonds. The summed E-state index contributed by atoms with van der Waals surface area (Å²) in [4.78, 5) is 0. The van der Waals surface area contributed by atoms with Gasteiger partial charge in [-0.3, -0.25) is 0 Å². The number of hydrogen-bond acceptors (Lipinski definition) is 0. The molecule has 0 unspecified atom stereocenters. The molecule has 4 rings (SSSR count). The van der Waals surface area contributed by atoms with Crippen molar-refractivity contribution in [3.05, 3.63) is 0 Å². The fraction of sp³-hybridized carbons (Fsp3) is 1.00. The molecule has 0 N–H and O–H groups in total. The van der Waals surface area contributed by atoms with Crippen LogP contribution in [-0.2, 0) is 0 Å². The molecule has 21 heavy (non-hydrogen) atoms. The van der Waals surface area contributed by atoms with E-state index in [0.29, 0.717) is 0 Å². The standard InChI is InChI=1S/C20H37P/c1-2-10-17(9-1)21(18-11-3-4-12-18,19-13-5-6-14-19)20-15-7-8-16-20/h17-21H,1-16H2. The van der Waals surface area contributed by atoms with Crippen molar-refractivity contribution >= 4 is 7.26 Å². The van der Waals surface area contributed by atoms with E-state index in [1.54, 1.807) is 103 Å². The zero-order valence-corrected chi connectivity index (χ0v) is 15.1. The van der Waals surface area contributed by atoms with Gasteiger partial charge >= 0.3 is 133 Å². The zero-order chi connectivity index (χ0) is 14.1. The van der Waals surface area contributed by atoms with E-state index in [1.165, 1.54) is 22.6 Å². The van der Waals surface area contributed by atoms with Crippen LogP contribution in [0.1, 0.15) is 103 Å². The average molecular weight is 308 g/mol. The van der Waals surface area contributed by atoms with E-state index in [0.717, 1.165) is 0 Å². The van der Waals surface area contributed by atoms with Gasteiger partial charge in [0.05, 0.1) is 0 Å². The van der Waals surface area contributed by atoms with Crippen molar-refractivity contribution in [2.24, 2.45) is 0 Å². The number of hydrogen-bond donors (Lipinski definition) is 0. The van der Waals surface area contributed by atoms with Crippen LogP contribution in [0.3, 0.4) is 0 Å². The van der Waals surface area contributed by atoms with E-state index in [9.17, 15) is 0 Å². The molecule has 0 saturated heterocycles. The van der Waals surface area contributed by atoms with Crippen LogP contribution in [0, 0.1) is 0 Å². The second-order valence-electron chi connectivity index (χ2n) is 8.93. The topological polar surface area (TPSA) is 0 Å². The molecule has 0 bridgehead atoms. The van der Waals surface area contributed by atoms with Crippen LogP contribution < -0.4 is 0 Å². The summed E-state index contributed by atoms with van der Waals surface area (Å²) in [5.74, 6) is 0. The molecule has 0 heterocycles. The first kappa shape index (κ1) is 15.0. The van der Waals surface area contributed by atoms with Gasteiger partial charge in [-0.15, -0.1) is 0 Å². The molecule has 0 aromatic heterocycles. The van der Waals surface area contributed by atoms with E-state index < -0.39 is 7.26 Å². The SMILES string of the molecule is C1CCC([PH](C2CCCC2)(C2CCCC2)C2CCCC2)C1. The van der Waals surface area contributed by atoms with Crippen molar-refractivity contribution in [3.8, 4) is 0 Å². The Hall–Kier alpha value is 0.430. The Kier molecular flexibility index (Phi) is 4.64. The normalized spacial score (nSPS) is 31.6. The van der Waals surface area contributed by atoms with Gasteiger partial charge in [0.1, 0.15) is 0 Å². The molecule has 0 atom stereocenters. The van der Waals surface area contributed by atoms with Crippen LogP contribution >= 0.6 is 7.26 Å². The molecule has 0 aliphatic heterocycles. The Balaban J connectivity index is 1.71. The van der Waals surface area contributed by atoms with Crippen molar-refractivity contribution in [2.75, 3.05) is 0 Å². The van der Waals surface area contributed by atoms with Gasteiger partial charge in [-0.25, -0.2) is 0 Å². The van der Waals surface area contributed by atoms with Crippen LogP contribution in [0.15, 0.2) is 0 Å². The predicted molar refractivity (Wildman–Crippen MR) is 97.3 cm³/mol. The van der Waals surface area contributed by atoms with Crippen LogP contribution in [0.4, 0.5) is 0 Å². The van der Waals surface area contributed by atoms with Crippen molar-refractivity contribution in [1.29, 1.82) is 0 Å². The van der Waals surface area contributed by atoms with Crippen molar-refractivity contribution in [1.82, 2.24) is 0 Å². The first-order valence-corrected chi connectivity index (χ1v) is 12.7. The molecule has 0 radical (unpaired) electrons. The summed E-state index contributed by atoms with van der Waals surface area (Å²) in [5.41, 5.74) is 5.08. The van der Waals surface area contributed by atoms with Gasteiger partial charge in [0, 0.05) is 0 Å². The summed E-state index contributed by atoms with van der Waals surface area (Å²) in [7, 11) is -1.06. The fourth-order valence-electron chi connectivity index (χ4n) is 7.70. The Morgan fingerprint density at radius 2 is 0.524 bits per heavy atom. The summed E-state index contributed by atoms with van der Waals surface area (Å²) >= 11 is 0. The third kappa shape index (κ3) is 2.52. The molecule has 4 saturated carbocycles. The second-order valence-corrected chi connectivity index (χ2v) is 14.2. The van der Waals surface area contributed by atoms with Crippen molar-refractivity contribution in [3.63, 3.8) is 0 Å². The van der Waals surface area contributed by atoms with Crippen LogP contribution in [0.2, 0.25) is 0 Å². The van der Waals surface area contributed by atoms with Gasteiger partial charge < -0.3 is 0 Å². The molecule has 0 spiro atoms. The molecule has 4 aliphatic rings. The van der Waals surface area contributed by atoms with Gasteiger partial charge in [-0.1, -0.05) is 0 Å². The molecule has 4 fully saturated rings.